The molecule has 2 unspecified atom stereocenters. The average molecular weight is 561 g/mol. The highest BCUT2D eigenvalue weighted by molar-refractivity contribution is 6.42. The number of likely N-dealkylation sites (N-methyl/N-ethyl adjacent to an activating group) is 2. The number of carbonyl (C=O) groups excluding carboxylic acids is 1. The van der Waals surface area contributed by atoms with Crippen LogP contribution in [0, 0.1) is 5.82 Å². The van der Waals surface area contributed by atoms with Crippen LogP contribution >= 0.6 is 23.2 Å². The van der Waals surface area contributed by atoms with Gasteiger partial charge in [-0.1, -0.05) is 35.3 Å². The largest absolute Gasteiger partial charge is 0.419 e. The molecule has 37 heavy (non-hydrogen) atoms. The van der Waals surface area contributed by atoms with Crippen LogP contribution in [0.4, 0.5) is 17.6 Å². The van der Waals surface area contributed by atoms with Crippen molar-refractivity contribution in [2.24, 2.45) is 0 Å². The normalized spacial score (nSPS) is 21.7. The predicted molar refractivity (Wildman–Crippen MR) is 136 cm³/mol. The van der Waals surface area contributed by atoms with Crippen molar-refractivity contribution in [1.82, 2.24) is 19.6 Å². The molecule has 0 saturated carbocycles. The van der Waals surface area contributed by atoms with Crippen LogP contribution in [-0.2, 0) is 17.5 Å². The topological polar surface area (TPSA) is 30.0 Å². The van der Waals surface area contributed by atoms with Gasteiger partial charge in [-0.2, -0.15) is 13.2 Å². The van der Waals surface area contributed by atoms with Crippen molar-refractivity contribution in [3.63, 3.8) is 0 Å². The summed E-state index contributed by atoms with van der Waals surface area (Å²) in [6.45, 7) is 4.95. The van der Waals surface area contributed by atoms with Crippen LogP contribution < -0.4 is 0 Å². The molecule has 5 nitrogen and oxygen atoms in total. The fraction of sp³-hybridized carbons (Fsp3) is 0.500. The Balaban J connectivity index is 1.52. The van der Waals surface area contributed by atoms with Gasteiger partial charge >= 0.3 is 6.18 Å². The van der Waals surface area contributed by atoms with Crippen molar-refractivity contribution in [1.29, 1.82) is 0 Å². The van der Waals surface area contributed by atoms with Crippen molar-refractivity contribution in [2.45, 2.75) is 24.7 Å². The molecular formula is C26H30Cl2F4N4O. The molecule has 202 valence electrons. The molecule has 2 saturated heterocycles. The molecule has 0 aliphatic carbocycles. The van der Waals surface area contributed by atoms with Crippen molar-refractivity contribution in [3.05, 3.63) is 69.0 Å². The van der Waals surface area contributed by atoms with Crippen molar-refractivity contribution < 1.29 is 22.4 Å². The summed E-state index contributed by atoms with van der Waals surface area (Å²) in [5.74, 6) is -1.36. The molecule has 0 spiro atoms. The lowest BCUT2D eigenvalue weighted by atomic mass is 9.93. The van der Waals surface area contributed by atoms with Gasteiger partial charge in [0.05, 0.1) is 22.2 Å². The van der Waals surface area contributed by atoms with Gasteiger partial charge in [-0.05, 0) is 49.5 Å². The molecule has 0 radical (unpaired) electrons. The number of rotatable bonds is 6. The summed E-state index contributed by atoms with van der Waals surface area (Å²) in [5.41, 5.74) is 0.0528. The Morgan fingerprint density at radius 1 is 1.03 bits per heavy atom. The molecule has 0 N–H and O–H groups in total. The molecule has 11 heteroatoms. The van der Waals surface area contributed by atoms with Crippen LogP contribution in [0.2, 0.25) is 10.0 Å². The second-order valence-corrected chi connectivity index (χ2v) is 10.8. The second-order valence-electron chi connectivity index (χ2n) is 9.95. The monoisotopic (exact) mass is 560 g/mol. The third kappa shape index (κ3) is 6.75. The highest BCUT2D eigenvalue weighted by atomic mass is 35.5. The molecule has 2 aromatic rings. The fourth-order valence-electron chi connectivity index (χ4n) is 5.10. The number of hydrogen-bond donors (Lipinski definition) is 0. The first kappa shape index (κ1) is 28.1. The van der Waals surface area contributed by atoms with E-state index in [1.807, 2.05) is 22.9 Å². The van der Waals surface area contributed by atoms with Crippen LogP contribution in [0.25, 0.3) is 0 Å². The zero-order valence-corrected chi connectivity index (χ0v) is 22.3. The van der Waals surface area contributed by atoms with Gasteiger partial charge in [0, 0.05) is 57.8 Å². The molecule has 2 aliphatic rings. The standard InChI is InChI=1S/C26H30Cl2F4N4O/c1-33-7-9-35(10-8-33)16-25(37)36-14-19(18-4-6-21(27)22(28)12-18)24(15-36)34(2)13-17-3-5-20(23(29)11-17)26(30,31)32/h3-6,11-12,19,24H,7-10,13-16H2,1-2H3. The summed E-state index contributed by atoms with van der Waals surface area (Å²) in [6.07, 6.45) is -4.75. The number of likely N-dealkylation sites (tertiary alicyclic amines) is 1. The maximum Gasteiger partial charge on any atom is 0.419 e. The number of piperazine rings is 1. The van der Waals surface area contributed by atoms with Gasteiger partial charge in [-0.25, -0.2) is 4.39 Å². The van der Waals surface area contributed by atoms with Gasteiger partial charge in [0.25, 0.3) is 0 Å². The Bertz CT molecular complexity index is 1120. The smallest absolute Gasteiger partial charge is 0.339 e. The number of alkyl halides is 3. The molecular weight excluding hydrogens is 531 g/mol. The van der Waals surface area contributed by atoms with Crippen molar-refractivity contribution >= 4 is 29.1 Å². The lowest BCUT2D eigenvalue weighted by molar-refractivity contribution is -0.140. The van der Waals surface area contributed by atoms with E-state index < -0.39 is 17.6 Å². The van der Waals surface area contributed by atoms with Crippen LogP contribution in [0.1, 0.15) is 22.6 Å². The van der Waals surface area contributed by atoms with Gasteiger partial charge in [0.15, 0.2) is 0 Å². The lowest BCUT2D eigenvalue weighted by Crippen LogP contribution is -2.48. The average Bonchev–Trinajstić information content (AvgIpc) is 3.27. The SMILES string of the molecule is CN1CCN(CC(=O)N2CC(c3ccc(Cl)c(Cl)c3)C(N(C)Cc3ccc(C(F)(F)F)c(F)c3)C2)CC1. The second kappa shape index (κ2) is 11.5. The van der Waals surface area contributed by atoms with E-state index >= 15 is 0 Å². The predicted octanol–water partition coefficient (Wildman–Crippen LogP) is 4.83. The van der Waals surface area contributed by atoms with E-state index in [4.69, 9.17) is 23.2 Å². The van der Waals surface area contributed by atoms with E-state index in [-0.39, 0.29) is 24.4 Å². The number of hydrogen-bond acceptors (Lipinski definition) is 4. The Morgan fingerprint density at radius 2 is 1.73 bits per heavy atom. The summed E-state index contributed by atoms with van der Waals surface area (Å²) in [4.78, 5) is 21.4. The summed E-state index contributed by atoms with van der Waals surface area (Å²) in [7, 11) is 3.89. The van der Waals surface area contributed by atoms with E-state index in [0.29, 0.717) is 35.2 Å². The number of nitrogens with zero attached hydrogens (tertiary/aromatic N) is 4. The van der Waals surface area contributed by atoms with Gasteiger partial charge < -0.3 is 9.80 Å². The van der Waals surface area contributed by atoms with E-state index in [1.54, 1.807) is 12.1 Å². The molecule has 1 amide bonds. The van der Waals surface area contributed by atoms with Gasteiger partial charge in [0.1, 0.15) is 5.82 Å². The number of benzene rings is 2. The van der Waals surface area contributed by atoms with Crippen molar-refractivity contribution in [3.8, 4) is 0 Å². The third-order valence-corrected chi connectivity index (χ3v) is 8.04. The highest BCUT2D eigenvalue weighted by Gasteiger charge is 2.39. The van der Waals surface area contributed by atoms with E-state index in [1.165, 1.54) is 6.07 Å². The van der Waals surface area contributed by atoms with Crippen LogP contribution in [0.5, 0.6) is 0 Å². The first-order chi connectivity index (χ1) is 17.4. The Hall–Kier alpha value is -1.91. The summed E-state index contributed by atoms with van der Waals surface area (Å²) in [5, 5.41) is 0.837. The molecule has 2 heterocycles. The summed E-state index contributed by atoms with van der Waals surface area (Å²) >= 11 is 12.4. The third-order valence-electron chi connectivity index (χ3n) is 7.31. The number of carbonyl (C=O) groups is 1. The molecule has 0 aromatic heterocycles. The highest BCUT2D eigenvalue weighted by Crippen LogP contribution is 2.36. The van der Waals surface area contributed by atoms with E-state index in [9.17, 15) is 22.4 Å². The maximum absolute atomic E-state index is 14.2. The Labute approximate surface area is 224 Å². The van der Waals surface area contributed by atoms with Crippen LogP contribution in [0.3, 0.4) is 0 Å². The zero-order valence-electron chi connectivity index (χ0n) is 20.7. The number of amides is 1. The first-order valence-electron chi connectivity index (χ1n) is 12.1. The van der Waals surface area contributed by atoms with E-state index in [0.717, 1.165) is 43.9 Å². The minimum Gasteiger partial charge on any atom is -0.339 e. The van der Waals surface area contributed by atoms with Gasteiger partial charge in [-0.15, -0.1) is 0 Å². The molecule has 4 rings (SSSR count). The van der Waals surface area contributed by atoms with Crippen LogP contribution in [0.15, 0.2) is 36.4 Å². The van der Waals surface area contributed by atoms with Gasteiger partial charge in [0.2, 0.25) is 5.91 Å². The molecule has 2 fully saturated rings. The fourth-order valence-corrected chi connectivity index (χ4v) is 5.40. The van der Waals surface area contributed by atoms with Crippen molar-refractivity contribution in [2.75, 3.05) is 59.9 Å². The molecule has 0 bridgehead atoms. The van der Waals surface area contributed by atoms with Gasteiger partial charge in [-0.3, -0.25) is 14.6 Å². The Morgan fingerprint density at radius 3 is 2.35 bits per heavy atom. The molecule has 2 aromatic carbocycles. The maximum atomic E-state index is 14.2. The zero-order chi connectivity index (χ0) is 26.9. The molecule has 2 atom stereocenters. The van der Waals surface area contributed by atoms with E-state index in [2.05, 4.69) is 16.8 Å². The first-order valence-corrected chi connectivity index (χ1v) is 12.9. The summed E-state index contributed by atoms with van der Waals surface area (Å²) in [6, 6.07) is 8.24. The number of halogens is 6. The summed E-state index contributed by atoms with van der Waals surface area (Å²) < 4.78 is 53.1. The lowest BCUT2D eigenvalue weighted by Gasteiger charge is -2.33. The van der Waals surface area contributed by atoms with Crippen LogP contribution in [-0.4, -0.2) is 91.5 Å². The quantitative estimate of drug-likeness (QED) is 0.474. The molecule has 2 aliphatic heterocycles. The minimum absolute atomic E-state index is 0.0334. The minimum atomic E-state index is -4.75. The Kier molecular flexibility index (Phi) is 8.70.